The second-order valence-electron chi connectivity index (χ2n) is 22.6. The first kappa shape index (κ1) is 66.6. The summed E-state index contributed by atoms with van der Waals surface area (Å²) in [4.78, 5) is 5.19. The van der Waals surface area contributed by atoms with Gasteiger partial charge in [0, 0.05) is 36.1 Å². The Morgan fingerprint density at radius 3 is 1.15 bits per heavy atom. The highest BCUT2D eigenvalue weighted by Crippen LogP contribution is 2.54. The summed E-state index contributed by atoms with van der Waals surface area (Å²) < 4.78 is 38.1. The second kappa shape index (κ2) is 34.4. The summed E-state index contributed by atoms with van der Waals surface area (Å²) in [5.41, 5.74) is 15.4. The molecule has 0 bridgehead atoms. The van der Waals surface area contributed by atoms with Crippen LogP contribution in [0.5, 0.6) is 0 Å². The molecule has 1 aliphatic carbocycles. The average Bonchev–Trinajstić information content (AvgIpc) is 1.83. The van der Waals surface area contributed by atoms with E-state index in [-0.39, 0.29) is 19.7 Å². The van der Waals surface area contributed by atoms with Crippen LogP contribution in [0, 0.1) is 0 Å². The van der Waals surface area contributed by atoms with E-state index in [0.29, 0.717) is 26.4 Å². The Balaban J connectivity index is 0.000000169. The minimum absolute atomic E-state index is 0.0173. The Morgan fingerprint density at radius 2 is 0.774 bits per heavy atom. The molecule has 5 aromatic heterocycles. The van der Waals surface area contributed by atoms with E-state index in [4.69, 9.17) is 27.4 Å². The van der Waals surface area contributed by atoms with Crippen molar-refractivity contribution in [3.05, 3.63) is 122 Å². The quantitative estimate of drug-likeness (QED) is 0.0344. The predicted molar refractivity (Wildman–Crippen MR) is 381 cm³/mol. The summed E-state index contributed by atoms with van der Waals surface area (Å²) in [6.07, 6.45) is 30.8. The largest absolute Gasteiger partial charge is 0.494 e. The predicted octanol–water partition coefficient (Wildman–Crippen LogP) is 22.9. The molecule has 8 aromatic rings. The molecular weight excluding hydrogens is 1400 g/mol. The van der Waals surface area contributed by atoms with Gasteiger partial charge in [-0.1, -0.05) is 192 Å². The van der Waals surface area contributed by atoms with Crippen molar-refractivity contribution in [3.8, 4) is 41.8 Å². The number of thiophene rings is 4. The van der Waals surface area contributed by atoms with Crippen LogP contribution in [-0.4, -0.2) is 49.4 Å². The average molecular weight is 1480 g/mol. The molecule has 2 aliphatic heterocycles. The molecule has 0 saturated carbocycles. The molecule has 7 heterocycles. The third-order valence-electron chi connectivity index (χ3n) is 16.6. The molecule has 84 heavy (non-hydrogen) atoms. The molecular formula is C67H82B2Br4N2O4S5. The van der Waals surface area contributed by atoms with Gasteiger partial charge in [-0.25, -0.2) is 0 Å². The first-order chi connectivity index (χ1) is 41.1. The Hall–Kier alpha value is -1.83. The van der Waals surface area contributed by atoms with Crippen molar-refractivity contribution >= 4 is 157 Å². The maximum absolute atomic E-state index is 5.95. The lowest BCUT2D eigenvalue weighted by Crippen LogP contribution is -2.35. The van der Waals surface area contributed by atoms with E-state index >= 15 is 0 Å². The first-order valence-corrected chi connectivity index (χ1v) is 38.4. The summed E-state index contributed by atoms with van der Waals surface area (Å²) in [6.45, 7) is 11.8. The number of hydrogen-bond acceptors (Lipinski definition) is 11. The Bertz CT molecular complexity index is 3080. The first-order valence-electron chi connectivity index (χ1n) is 31.2. The van der Waals surface area contributed by atoms with Crippen LogP contribution in [0.3, 0.4) is 0 Å². The smallest absolute Gasteiger partial charge is 0.405 e. The monoisotopic (exact) mass is 1480 g/mol. The molecule has 17 heteroatoms. The zero-order valence-electron chi connectivity index (χ0n) is 49.6. The van der Waals surface area contributed by atoms with E-state index in [2.05, 4.69) is 176 Å². The van der Waals surface area contributed by atoms with Gasteiger partial charge in [0.05, 0.1) is 53.3 Å². The normalized spacial score (nSPS) is 14.3. The molecule has 448 valence electrons. The van der Waals surface area contributed by atoms with Crippen LogP contribution in [0.4, 0.5) is 0 Å². The van der Waals surface area contributed by atoms with Crippen LogP contribution >= 0.6 is 121 Å². The van der Waals surface area contributed by atoms with Crippen molar-refractivity contribution in [3.63, 3.8) is 0 Å². The summed E-state index contributed by atoms with van der Waals surface area (Å²) >= 11 is 23.0. The molecule has 0 N–H and O–H groups in total. The highest BCUT2D eigenvalue weighted by atomic mass is 79.9. The number of benzene rings is 3. The van der Waals surface area contributed by atoms with Crippen LogP contribution in [0.15, 0.2) is 100 Å². The van der Waals surface area contributed by atoms with E-state index in [1.165, 1.54) is 232 Å². The summed E-state index contributed by atoms with van der Waals surface area (Å²) in [5, 5.41) is 0. The van der Waals surface area contributed by atoms with Crippen molar-refractivity contribution in [1.29, 1.82) is 0 Å². The van der Waals surface area contributed by atoms with Gasteiger partial charge in [-0.3, -0.25) is 0 Å². The fourth-order valence-electron chi connectivity index (χ4n) is 12.1. The highest BCUT2D eigenvalue weighted by molar-refractivity contribution is 9.11. The lowest BCUT2D eigenvalue weighted by molar-refractivity contribution is 0.365. The third-order valence-corrected chi connectivity index (χ3v) is 24.5. The zero-order valence-corrected chi connectivity index (χ0v) is 60.0. The number of fused-ring (bicyclic) bond motifs is 4. The van der Waals surface area contributed by atoms with Gasteiger partial charge in [0.15, 0.2) is 0 Å². The number of aromatic nitrogens is 2. The van der Waals surface area contributed by atoms with Crippen LogP contribution in [0.2, 0.25) is 0 Å². The molecule has 2 fully saturated rings. The number of aryl methyl sites for hydroxylation is 2. The topological polar surface area (TPSA) is 62.7 Å². The van der Waals surface area contributed by atoms with E-state index in [1.54, 1.807) is 22.7 Å². The summed E-state index contributed by atoms with van der Waals surface area (Å²) in [5.74, 6) is 0. The third kappa shape index (κ3) is 17.6. The van der Waals surface area contributed by atoms with E-state index in [1.807, 2.05) is 22.7 Å². The maximum atomic E-state index is 5.95. The van der Waals surface area contributed by atoms with Crippen molar-refractivity contribution in [2.24, 2.45) is 0 Å². The van der Waals surface area contributed by atoms with Crippen molar-refractivity contribution in [2.75, 3.05) is 26.4 Å². The van der Waals surface area contributed by atoms with Gasteiger partial charge in [-0.15, -0.1) is 45.3 Å². The van der Waals surface area contributed by atoms with E-state index in [0.717, 1.165) is 34.8 Å². The van der Waals surface area contributed by atoms with Crippen LogP contribution in [0.1, 0.15) is 191 Å². The molecule has 0 radical (unpaired) electrons. The van der Waals surface area contributed by atoms with Gasteiger partial charge < -0.3 is 18.6 Å². The van der Waals surface area contributed by atoms with Crippen LogP contribution in [-0.2, 0) is 36.9 Å². The molecule has 0 amide bonds. The maximum Gasteiger partial charge on any atom is 0.494 e. The Labute approximate surface area is 556 Å². The summed E-state index contributed by atoms with van der Waals surface area (Å²) in [6, 6.07) is 31.6. The lowest BCUT2D eigenvalue weighted by Gasteiger charge is -2.33. The van der Waals surface area contributed by atoms with Gasteiger partial charge in [0.25, 0.3) is 0 Å². The number of halogens is 4. The molecule has 3 aliphatic rings. The molecule has 11 rings (SSSR count). The Kier molecular flexibility index (Phi) is 27.3. The van der Waals surface area contributed by atoms with Crippen LogP contribution < -0.4 is 10.9 Å². The van der Waals surface area contributed by atoms with Gasteiger partial charge in [0.1, 0.15) is 11.0 Å². The molecule has 6 nitrogen and oxygen atoms in total. The minimum Gasteiger partial charge on any atom is -0.405 e. The number of unbranched alkanes of at least 4 members (excludes halogenated alkanes) is 16. The standard InChI is InChI=1S/C33H48B2O4.C26H30Br2N2S3.C8H4Br2S2/c1-3-5-7-9-11-13-19-33(20-14-12-10-8-6-4-2)31-25-27(34-36-21-22-37-34)15-17-29(31)30-18-16-28(26-32(30)33)35-38-23-24-39-35;1-3-5-7-9-11-17-15-21(31-25(17)27)19-13-14-20(24-23(19)29-33-30-24)22-16-18(26(28)32-22)12-10-8-6-4-2;9-7-3-1-5(11-7)6-2-4-8(10)12-6/h15-18,25-26H,3-14,19-24H2,1-2H3;13-16H,3-12H2,1-2H3;1-4H. The molecule has 2 saturated heterocycles. The SMILES string of the molecule is Brc1ccc(-c2ccc(Br)s2)s1.CCCCCCCCC1(CCCCCCCC)c2cc(B3OCCO3)ccc2-c2ccc(B3OCCO3)cc21.CCCCCCc1cc(-c2ccc(-c3cc(CCCCCC)c(Br)s3)c3nsnc23)sc1Br. The van der Waals surface area contributed by atoms with Gasteiger partial charge in [-0.2, -0.15) is 8.75 Å². The number of hydrogen-bond donors (Lipinski definition) is 0. The Morgan fingerprint density at radius 1 is 0.405 bits per heavy atom. The fourth-order valence-corrected chi connectivity index (χ4v) is 19.1. The molecule has 0 atom stereocenters. The minimum atomic E-state index is -0.240. The van der Waals surface area contributed by atoms with Crippen molar-refractivity contribution < 1.29 is 18.6 Å². The van der Waals surface area contributed by atoms with E-state index < -0.39 is 0 Å². The highest BCUT2D eigenvalue weighted by Gasteiger charge is 2.44. The van der Waals surface area contributed by atoms with Gasteiger partial charge in [-0.05, 0) is 183 Å². The molecule has 0 unspecified atom stereocenters. The van der Waals surface area contributed by atoms with Gasteiger partial charge in [0.2, 0.25) is 0 Å². The summed E-state index contributed by atoms with van der Waals surface area (Å²) in [7, 11) is -0.480. The fraction of sp³-hybridized carbons (Fsp3) is 0.493. The lowest BCUT2D eigenvalue weighted by atomic mass is 9.67. The van der Waals surface area contributed by atoms with Crippen molar-refractivity contribution in [1.82, 2.24) is 8.75 Å². The number of nitrogens with zero attached hydrogens (tertiary/aromatic N) is 2. The van der Waals surface area contributed by atoms with Gasteiger partial charge >= 0.3 is 14.2 Å². The number of rotatable bonds is 29. The van der Waals surface area contributed by atoms with E-state index in [9.17, 15) is 0 Å². The van der Waals surface area contributed by atoms with Crippen molar-refractivity contribution in [2.45, 2.75) is 187 Å². The second-order valence-corrected chi connectivity index (χ2v) is 32.8. The van der Waals surface area contributed by atoms with Crippen LogP contribution in [0.25, 0.3) is 52.8 Å². The zero-order chi connectivity index (χ0) is 58.7. The molecule has 3 aromatic carbocycles. The molecule has 0 spiro atoms.